The number of nitriles is 1. The maximum absolute atomic E-state index is 11.6. The molecule has 100 valence electrons. The lowest BCUT2D eigenvalue weighted by atomic mass is 10.2. The first-order valence-corrected chi connectivity index (χ1v) is 5.88. The van der Waals surface area contributed by atoms with Gasteiger partial charge in [-0.2, -0.15) is 5.26 Å². The third-order valence-corrected chi connectivity index (χ3v) is 2.26. The third-order valence-electron chi connectivity index (χ3n) is 2.26. The Bertz CT molecular complexity index is 498. The van der Waals surface area contributed by atoms with Gasteiger partial charge in [0, 0.05) is 17.9 Å². The van der Waals surface area contributed by atoms with Gasteiger partial charge in [-0.25, -0.2) is 0 Å². The summed E-state index contributed by atoms with van der Waals surface area (Å²) in [6, 6.07) is 9.02. The van der Waals surface area contributed by atoms with Gasteiger partial charge in [0.2, 0.25) is 0 Å². The van der Waals surface area contributed by atoms with Crippen molar-refractivity contribution in [3.8, 4) is 11.8 Å². The number of carbonyl (C=O) groups excluding carboxylic acids is 1. The third kappa shape index (κ3) is 4.72. The number of hydrogen-bond donors (Lipinski definition) is 2. The number of nitrogens with zero attached hydrogens (tertiary/aromatic N) is 1. The fourth-order valence-corrected chi connectivity index (χ4v) is 1.33. The van der Waals surface area contributed by atoms with Gasteiger partial charge in [-0.3, -0.25) is 4.79 Å². The molecular formula is C14H17N3O2. The molecule has 0 unspecified atom stereocenters. The van der Waals surface area contributed by atoms with Gasteiger partial charge in [-0.15, -0.1) is 0 Å². The number of carbonyl (C=O) groups is 1. The molecule has 0 aliphatic heterocycles. The van der Waals surface area contributed by atoms with Crippen LogP contribution in [0.4, 0.5) is 5.69 Å². The van der Waals surface area contributed by atoms with Crippen LogP contribution in [0.15, 0.2) is 36.0 Å². The minimum absolute atomic E-state index is 0.00904. The Morgan fingerprint density at radius 1 is 1.37 bits per heavy atom. The highest BCUT2D eigenvalue weighted by Crippen LogP contribution is 2.15. The maximum atomic E-state index is 11.6. The maximum Gasteiger partial charge on any atom is 0.263 e. The van der Waals surface area contributed by atoms with Crippen molar-refractivity contribution in [3.63, 3.8) is 0 Å². The van der Waals surface area contributed by atoms with Crippen LogP contribution in [0.3, 0.4) is 0 Å². The molecule has 0 saturated heterocycles. The van der Waals surface area contributed by atoms with Gasteiger partial charge in [-0.1, -0.05) is 0 Å². The molecule has 0 aliphatic rings. The van der Waals surface area contributed by atoms with Gasteiger partial charge >= 0.3 is 0 Å². The van der Waals surface area contributed by atoms with Gasteiger partial charge in [-0.05, 0) is 38.1 Å². The highest BCUT2D eigenvalue weighted by Gasteiger charge is 2.09. The van der Waals surface area contributed by atoms with Gasteiger partial charge in [0.1, 0.15) is 17.4 Å². The van der Waals surface area contributed by atoms with Crippen LogP contribution in [-0.4, -0.2) is 19.1 Å². The van der Waals surface area contributed by atoms with E-state index in [-0.39, 0.29) is 11.6 Å². The Hall–Kier alpha value is -2.48. The molecule has 1 rings (SSSR count). The van der Waals surface area contributed by atoms with E-state index in [0.717, 1.165) is 11.4 Å². The largest absolute Gasteiger partial charge is 0.497 e. The van der Waals surface area contributed by atoms with Crippen LogP contribution < -0.4 is 15.4 Å². The van der Waals surface area contributed by atoms with Crippen LogP contribution in [0.5, 0.6) is 5.75 Å². The molecule has 0 bridgehead atoms. The van der Waals surface area contributed by atoms with E-state index in [9.17, 15) is 4.79 Å². The lowest BCUT2D eigenvalue weighted by Crippen LogP contribution is -2.31. The number of hydrogen-bond acceptors (Lipinski definition) is 4. The van der Waals surface area contributed by atoms with E-state index in [0.29, 0.717) is 0 Å². The standard InChI is InChI=1S/C14H17N3O2/c1-10(2)17-14(18)11(8-15)9-16-12-4-6-13(19-3)7-5-12/h4-7,9-10,16H,1-3H3,(H,17,18)/b11-9-. The van der Waals surface area contributed by atoms with Crippen molar-refractivity contribution in [2.24, 2.45) is 0 Å². The molecule has 5 nitrogen and oxygen atoms in total. The summed E-state index contributed by atoms with van der Waals surface area (Å²) >= 11 is 0. The summed E-state index contributed by atoms with van der Waals surface area (Å²) in [7, 11) is 1.59. The highest BCUT2D eigenvalue weighted by atomic mass is 16.5. The molecule has 19 heavy (non-hydrogen) atoms. The predicted molar refractivity (Wildman–Crippen MR) is 73.6 cm³/mol. The summed E-state index contributed by atoms with van der Waals surface area (Å²) in [5, 5.41) is 14.5. The number of amides is 1. The lowest BCUT2D eigenvalue weighted by molar-refractivity contribution is -0.117. The first-order valence-electron chi connectivity index (χ1n) is 5.88. The van der Waals surface area contributed by atoms with Crippen LogP contribution in [-0.2, 0) is 4.79 Å². The summed E-state index contributed by atoms with van der Waals surface area (Å²) in [5.74, 6) is 0.353. The molecule has 0 aliphatic carbocycles. The van der Waals surface area contributed by atoms with E-state index in [2.05, 4.69) is 10.6 Å². The van der Waals surface area contributed by atoms with E-state index < -0.39 is 5.91 Å². The van der Waals surface area contributed by atoms with Crippen LogP contribution in [0.1, 0.15) is 13.8 Å². The first kappa shape index (κ1) is 14.6. The lowest BCUT2D eigenvalue weighted by Gasteiger charge is -2.07. The molecular weight excluding hydrogens is 242 g/mol. The average Bonchev–Trinajstić information content (AvgIpc) is 2.39. The number of benzene rings is 1. The number of methoxy groups -OCH3 is 1. The Balaban J connectivity index is 2.71. The molecule has 1 amide bonds. The Morgan fingerprint density at radius 2 is 2.00 bits per heavy atom. The number of nitrogens with one attached hydrogen (secondary N) is 2. The zero-order valence-electron chi connectivity index (χ0n) is 11.2. The molecule has 5 heteroatoms. The average molecular weight is 259 g/mol. The van der Waals surface area contributed by atoms with Crippen molar-refractivity contribution in [1.82, 2.24) is 5.32 Å². The van der Waals surface area contributed by atoms with E-state index >= 15 is 0 Å². The highest BCUT2D eigenvalue weighted by molar-refractivity contribution is 5.97. The summed E-state index contributed by atoms with van der Waals surface area (Å²) in [6.45, 7) is 3.67. The molecule has 1 aromatic carbocycles. The molecule has 0 radical (unpaired) electrons. The molecule has 0 atom stereocenters. The van der Waals surface area contributed by atoms with Crippen LogP contribution in [0, 0.1) is 11.3 Å². The van der Waals surface area contributed by atoms with Crippen molar-refractivity contribution < 1.29 is 9.53 Å². The predicted octanol–water partition coefficient (Wildman–Crippen LogP) is 2.04. The minimum atomic E-state index is -0.390. The Kier molecular flexibility index (Phi) is 5.42. The van der Waals surface area contributed by atoms with Crippen LogP contribution in [0.2, 0.25) is 0 Å². The summed E-state index contributed by atoms with van der Waals surface area (Å²) in [6.07, 6.45) is 1.39. The van der Waals surface area contributed by atoms with Gasteiger partial charge in [0.25, 0.3) is 5.91 Å². The summed E-state index contributed by atoms with van der Waals surface area (Å²) in [5.41, 5.74) is 0.801. The second-order valence-corrected chi connectivity index (χ2v) is 4.17. The molecule has 1 aromatic rings. The topological polar surface area (TPSA) is 74.1 Å². The van der Waals surface area contributed by atoms with Crippen molar-refractivity contribution in [1.29, 1.82) is 5.26 Å². The van der Waals surface area contributed by atoms with Gasteiger partial charge in [0.05, 0.1) is 7.11 Å². The summed E-state index contributed by atoms with van der Waals surface area (Å²) in [4.78, 5) is 11.6. The van der Waals surface area contributed by atoms with E-state index in [1.54, 1.807) is 31.4 Å². The number of ether oxygens (including phenoxy) is 1. The first-order chi connectivity index (χ1) is 9.06. The van der Waals surface area contributed by atoms with Crippen LogP contribution >= 0.6 is 0 Å². The van der Waals surface area contributed by atoms with Crippen molar-refractivity contribution in [2.45, 2.75) is 19.9 Å². The van der Waals surface area contributed by atoms with E-state index in [4.69, 9.17) is 10.00 Å². The quantitative estimate of drug-likeness (QED) is 0.627. The van der Waals surface area contributed by atoms with Crippen LogP contribution in [0.25, 0.3) is 0 Å². The Labute approximate surface area is 112 Å². The van der Waals surface area contributed by atoms with Crippen molar-refractivity contribution in [2.75, 3.05) is 12.4 Å². The monoisotopic (exact) mass is 259 g/mol. The van der Waals surface area contributed by atoms with E-state index in [1.807, 2.05) is 19.9 Å². The van der Waals surface area contributed by atoms with Gasteiger partial charge < -0.3 is 15.4 Å². The SMILES string of the molecule is COc1ccc(N/C=C(/C#N)C(=O)NC(C)C)cc1. The number of anilines is 1. The molecule has 2 N–H and O–H groups in total. The summed E-state index contributed by atoms with van der Waals surface area (Å²) < 4.78 is 5.04. The van der Waals surface area contributed by atoms with E-state index in [1.165, 1.54) is 6.20 Å². The molecule has 0 fully saturated rings. The smallest absolute Gasteiger partial charge is 0.263 e. The Morgan fingerprint density at radius 3 is 2.47 bits per heavy atom. The second-order valence-electron chi connectivity index (χ2n) is 4.17. The molecule has 0 spiro atoms. The molecule has 0 heterocycles. The van der Waals surface area contributed by atoms with Gasteiger partial charge in [0.15, 0.2) is 0 Å². The molecule has 0 aromatic heterocycles. The normalized spacial score (nSPS) is 10.8. The zero-order valence-corrected chi connectivity index (χ0v) is 11.2. The number of rotatable bonds is 5. The second kappa shape index (κ2) is 7.07. The minimum Gasteiger partial charge on any atom is -0.497 e. The zero-order chi connectivity index (χ0) is 14.3. The van der Waals surface area contributed by atoms with Crippen molar-refractivity contribution >= 4 is 11.6 Å². The van der Waals surface area contributed by atoms with Crippen molar-refractivity contribution in [3.05, 3.63) is 36.0 Å². The fourth-order valence-electron chi connectivity index (χ4n) is 1.33. The fraction of sp³-hybridized carbons (Fsp3) is 0.286. The molecule has 0 saturated carbocycles.